The quantitative estimate of drug-likeness (QED) is 0.818. The van der Waals surface area contributed by atoms with Crippen LogP contribution < -0.4 is 5.32 Å². The van der Waals surface area contributed by atoms with Crippen molar-refractivity contribution in [3.05, 3.63) is 0 Å². The lowest BCUT2D eigenvalue weighted by Crippen LogP contribution is -2.48. The Balaban J connectivity index is 1.77. The number of carboxylic acid groups (broad SMARTS) is 1. The lowest BCUT2D eigenvalue weighted by Gasteiger charge is -2.30. The highest BCUT2D eigenvalue weighted by molar-refractivity contribution is 5.77. The molecule has 6 nitrogen and oxygen atoms in total. The van der Waals surface area contributed by atoms with Gasteiger partial charge in [-0.05, 0) is 38.8 Å². The number of carbonyl (C=O) groups is 2. The number of hydrogen-bond acceptors (Lipinski definition) is 3. The smallest absolute Gasteiger partial charge is 0.317 e. The maximum Gasteiger partial charge on any atom is 0.317 e. The highest BCUT2D eigenvalue weighted by atomic mass is 16.4. The Kier molecular flexibility index (Phi) is 5.45. The number of nitrogens with zero attached hydrogens (tertiary/aromatic N) is 2. The van der Waals surface area contributed by atoms with Gasteiger partial charge in [0.1, 0.15) is 0 Å². The van der Waals surface area contributed by atoms with Gasteiger partial charge in [0.25, 0.3) is 0 Å². The summed E-state index contributed by atoms with van der Waals surface area (Å²) in [6.45, 7) is 7.85. The Labute approximate surface area is 126 Å². The zero-order valence-corrected chi connectivity index (χ0v) is 13.0. The molecule has 0 bridgehead atoms. The number of hydrogen-bond donors (Lipinski definition) is 2. The van der Waals surface area contributed by atoms with Gasteiger partial charge in [0, 0.05) is 25.7 Å². The summed E-state index contributed by atoms with van der Waals surface area (Å²) in [5.74, 6) is -1.22. The molecule has 3 atom stereocenters. The van der Waals surface area contributed by atoms with E-state index >= 15 is 0 Å². The topological polar surface area (TPSA) is 72.9 Å². The second-order valence-electron chi connectivity index (χ2n) is 6.54. The van der Waals surface area contributed by atoms with E-state index in [4.69, 9.17) is 5.11 Å². The van der Waals surface area contributed by atoms with E-state index in [0.29, 0.717) is 13.1 Å². The van der Waals surface area contributed by atoms with E-state index in [1.54, 1.807) is 4.90 Å². The first kappa shape index (κ1) is 16.1. The SMILES string of the molecule is CC(CN1CCCCC1)NC(=O)N1CC(C)C(C(=O)O)C1. The zero-order chi connectivity index (χ0) is 15.4. The van der Waals surface area contributed by atoms with Crippen LogP contribution in [-0.2, 0) is 4.79 Å². The Bertz CT molecular complexity index is 382. The first-order chi connectivity index (χ1) is 9.97. The van der Waals surface area contributed by atoms with E-state index in [0.717, 1.165) is 19.6 Å². The second-order valence-corrected chi connectivity index (χ2v) is 6.54. The maximum atomic E-state index is 12.2. The molecule has 2 aliphatic heterocycles. The van der Waals surface area contributed by atoms with Gasteiger partial charge in [-0.15, -0.1) is 0 Å². The van der Waals surface area contributed by atoms with Gasteiger partial charge in [-0.1, -0.05) is 13.3 Å². The van der Waals surface area contributed by atoms with Gasteiger partial charge in [0.15, 0.2) is 0 Å². The van der Waals surface area contributed by atoms with Gasteiger partial charge >= 0.3 is 12.0 Å². The normalized spacial score (nSPS) is 28.4. The summed E-state index contributed by atoms with van der Waals surface area (Å²) in [5.41, 5.74) is 0. The van der Waals surface area contributed by atoms with Crippen LogP contribution in [0.1, 0.15) is 33.1 Å². The van der Waals surface area contributed by atoms with Crippen LogP contribution in [0, 0.1) is 11.8 Å². The lowest BCUT2D eigenvalue weighted by molar-refractivity contribution is -0.142. The summed E-state index contributed by atoms with van der Waals surface area (Å²) < 4.78 is 0. The monoisotopic (exact) mass is 297 g/mol. The van der Waals surface area contributed by atoms with Crippen molar-refractivity contribution in [3.63, 3.8) is 0 Å². The van der Waals surface area contributed by atoms with Gasteiger partial charge in [0.2, 0.25) is 0 Å². The summed E-state index contributed by atoms with van der Waals surface area (Å²) in [6.07, 6.45) is 3.79. The first-order valence-corrected chi connectivity index (χ1v) is 7.98. The molecule has 0 aromatic heterocycles. The van der Waals surface area contributed by atoms with Crippen LogP contribution in [0.3, 0.4) is 0 Å². The summed E-state index contributed by atoms with van der Waals surface area (Å²) in [6, 6.07) is -0.0371. The third-order valence-corrected chi connectivity index (χ3v) is 4.57. The molecule has 0 aromatic carbocycles. The minimum Gasteiger partial charge on any atom is -0.481 e. The van der Waals surface area contributed by atoms with Crippen LogP contribution in [0.4, 0.5) is 4.79 Å². The van der Waals surface area contributed by atoms with Crippen molar-refractivity contribution in [2.24, 2.45) is 11.8 Å². The van der Waals surface area contributed by atoms with Gasteiger partial charge in [-0.3, -0.25) is 4.79 Å². The molecule has 2 fully saturated rings. The molecule has 2 rings (SSSR count). The molecular formula is C15H27N3O3. The first-order valence-electron chi connectivity index (χ1n) is 7.98. The number of piperidine rings is 1. The van der Waals surface area contributed by atoms with Crippen molar-refractivity contribution in [2.75, 3.05) is 32.7 Å². The van der Waals surface area contributed by atoms with Gasteiger partial charge in [-0.25, -0.2) is 4.79 Å². The molecule has 2 amide bonds. The average molecular weight is 297 g/mol. The molecule has 21 heavy (non-hydrogen) atoms. The molecule has 0 saturated carbocycles. The summed E-state index contributed by atoms with van der Waals surface area (Å²) in [7, 11) is 0. The van der Waals surface area contributed by atoms with Crippen LogP contribution in [-0.4, -0.2) is 65.7 Å². The van der Waals surface area contributed by atoms with Gasteiger partial charge in [0.05, 0.1) is 5.92 Å². The zero-order valence-electron chi connectivity index (χ0n) is 13.0. The van der Waals surface area contributed by atoms with Crippen molar-refractivity contribution in [1.82, 2.24) is 15.1 Å². The van der Waals surface area contributed by atoms with Crippen molar-refractivity contribution < 1.29 is 14.7 Å². The number of carboxylic acids is 1. The maximum absolute atomic E-state index is 12.2. The Hall–Kier alpha value is -1.30. The number of nitrogens with one attached hydrogen (secondary N) is 1. The largest absolute Gasteiger partial charge is 0.481 e. The molecule has 120 valence electrons. The summed E-state index contributed by atoms with van der Waals surface area (Å²) in [5, 5.41) is 12.1. The molecule has 2 N–H and O–H groups in total. The molecule has 2 heterocycles. The fourth-order valence-electron chi connectivity index (χ4n) is 3.33. The minimum atomic E-state index is -0.806. The molecular weight excluding hydrogens is 270 g/mol. The predicted octanol–water partition coefficient (Wildman–Crippen LogP) is 1.22. The number of urea groups is 1. The summed E-state index contributed by atoms with van der Waals surface area (Å²) >= 11 is 0. The minimum absolute atomic E-state index is 0.0191. The highest BCUT2D eigenvalue weighted by Gasteiger charge is 2.37. The Morgan fingerprint density at radius 2 is 1.90 bits per heavy atom. The van der Waals surface area contributed by atoms with Crippen molar-refractivity contribution in [1.29, 1.82) is 0 Å². The molecule has 3 unspecified atom stereocenters. The number of rotatable bonds is 4. The standard InChI is InChI=1S/C15H27N3O3/c1-11-8-18(10-13(11)14(19)20)15(21)16-12(2)9-17-6-4-3-5-7-17/h11-13H,3-10H2,1-2H3,(H,16,21)(H,19,20). The van der Waals surface area contributed by atoms with Crippen LogP contribution in [0.2, 0.25) is 0 Å². The summed E-state index contributed by atoms with van der Waals surface area (Å²) in [4.78, 5) is 27.3. The fourth-order valence-corrected chi connectivity index (χ4v) is 3.33. The molecule has 0 radical (unpaired) electrons. The van der Waals surface area contributed by atoms with Gasteiger partial charge < -0.3 is 20.2 Å². The van der Waals surface area contributed by atoms with Crippen LogP contribution in [0.5, 0.6) is 0 Å². The third-order valence-electron chi connectivity index (χ3n) is 4.57. The number of amides is 2. The Morgan fingerprint density at radius 1 is 1.24 bits per heavy atom. The van der Waals surface area contributed by atoms with E-state index in [2.05, 4.69) is 10.2 Å². The van der Waals surface area contributed by atoms with Crippen molar-refractivity contribution in [2.45, 2.75) is 39.2 Å². The Morgan fingerprint density at radius 3 is 2.48 bits per heavy atom. The molecule has 6 heteroatoms. The van der Waals surface area contributed by atoms with Gasteiger partial charge in [-0.2, -0.15) is 0 Å². The predicted molar refractivity (Wildman–Crippen MR) is 80.1 cm³/mol. The van der Waals surface area contributed by atoms with E-state index < -0.39 is 11.9 Å². The van der Waals surface area contributed by atoms with E-state index in [9.17, 15) is 9.59 Å². The van der Waals surface area contributed by atoms with Crippen molar-refractivity contribution in [3.8, 4) is 0 Å². The fraction of sp³-hybridized carbons (Fsp3) is 0.867. The van der Waals surface area contributed by atoms with Crippen LogP contribution in [0.25, 0.3) is 0 Å². The van der Waals surface area contributed by atoms with Crippen LogP contribution >= 0.6 is 0 Å². The third kappa shape index (κ3) is 4.33. The van der Waals surface area contributed by atoms with E-state index in [-0.39, 0.29) is 18.0 Å². The molecule has 2 saturated heterocycles. The number of likely N-dealkylation sites (tertiary alicyclic amines) is 2. The number of aliphatic carboxylic acids is 1. The molecule has 0 aliphatic carbocycles. The highest BCUT2D eigenvalue weighted by Crippen LogP contribution is 2.23. The van der Waals surface area contributed by atoms with Crippen LogP contribution in [0.15, 0.2) is 0 Å². The van der Waals surface area contributed by atoms with Crippen molar-refractivity contribution >= 4 is 12.0 Å². The molecule has 0 aromatic rings. The average Bonchev–Trinajstić information content (AvgIpc) is 2.82. The number of carbonyl (C=O) groups excluding carboxylic acids is 1. The van der Waals surface area contributed by atoms with E-state index in [1.807, 2.05) is 13.8 Å². The molecule has 2 aliphatic rings. The van der Waals surface area contributed by atoms with E-state index in [1.165, 1.54) is 19.3 Å². The molecule has 0 spiro atoms. The lowest BCUT2D eigenvalue weighted by atomic mass is 9.99. The second kappa shape index (κ2) is 7.11.